The van der Waals surface area contributed by atoms with Crippen LogP contribution in [0.5, 0.6) is 5.75 Å². The molecule has 1 aromatic heterocycles. The van der Waals surface area contributed by atoms with Crippen molar-refractivity contribution in [3.63, 3.8) is 0 Å². The molecule has 0 N–H and O–H groups in total. The quantitative estimate of drug-likeness (QED) is 0.845. The van der Waals surface area contributed by atoms with Crippen LogP contribution in [0, 0.1) is 5.82 Å². The van der Waals surface area contributed by atoms with Gasteiger partial charge in [-0.15, -0.1) is 0 Å². The van der Waals surface area contributed by atoms with E-state index >= 15 is 0 Å². The first-order valence-electron chi connectivity index (χ1n) is 7.26. The number of ether oxygens (including phenoxy) is 1. The number of halogens is 1. The zero-order chi connectivity index (χ0) is 16.1. The lowest BCUT2D eigenvalue weighted by atomic mass is 10.1. The molecule has 0 unspecified atom stereocenters. The Kier molecular flexibility index (Phi) is 4.68. The van der Waals surface area contributed by atoms with Crippen molar-refractivity contribution in [2.24, 2.45) is 0 Å². The van der Waals surface area contributed by atoms with E-state index in [9.17, 15) is 4.39 Å². The number of methoxy groups -OCH3 is 1. The summed E-state index contributed by atoms with van der Waals surface area (Å²) in [5, 5.41) is 1.68. The van der Waals surface area contributed by atoms with Crippen LogP contribution < -0.4 is 4.74 Å². The van der Waals surface area contributed by atoms with E-state index in [-0.39, 0.29) is 12.4 Å². The first-order chi connectivity index (χ1) is 11.3. The van der Waals surface area contributed by atoms with Gasteiger partial charge in [0, 0.05) is 24.2 Å². The van der Waals surface area contributed by atoms with Crippen LogP contribution in [0.15, 0.2) is 61.1 Å². The second-order valence-electron chi connectivity index (χ2n) is 5.08. The molecule has 0 saturated heterocycles. The normalized spacial score (nSPS) is 13.8. The number of rotatable bonds is 5. The predicted molar refractivity (Wildman–Crippen MR) is 85.8 cm³/mol. The van der Waals surface area contributed by atoms with Crippen molar-refractivity contribution in [1.82, 2.24) is 10.0 Å². The molecule has 2 heterocycles. The van der Waals surface area contributed by atoms with Gasteiger partial charge in [-0.3, -0.25) is 14.9 Å². The molecule has 0 saturated carbocycles. The molecule has 0 bridgehead atoms. The summed E-state index contributed by atoms with van der Waals surface area (Å²) in [6, 6.07) is 8.50. The van der Waals surface area contributed by atoms with E-state index in [1.807, 2.05) is 36.7 Å². The van der Waals surface area contributed by atoms with E-state index in [1.54, 1.807) is 30.5 Å². The number of nitrogens with zero attached hydrogens (tertiary/aromatic N) is 2. The minimum Gasteiger partial charge on any atom is -0.497 e. The molecule has 3 rings (SSSR count). The van der Waals surface area contributed by atoms with E-state index in [2.05, 4.69) is 4.98 Å². The van der Waals surface area contributed by atoms with E-state index in [1.165, 1.54) is 6.07 Å². The largest absolute Gasteiger partial charge is 0.497 e. The average molecular weight is 312 g/mol. The van der Waals surface area contributed by atoms with Crippen LogP contribution in [0.4, 0.5) is 4.39 Å². The van der Waals surface area contributed by atoms with Gasteiger partial charge < -0.3 is 4.74 Å². The zero-order valence-corrected chi connectivity index (χ0v) is 12.8. The number of hydrogen-bond acceptors (Lipinski definition) is 4. The Labute approximate surface area is 134 Å². The third-order valence-corrected chi connectivity index (χ3v) is 3.55. The van der Waals surface area contributed by atoms with Gasteiger partial charge in [0.1, 0.15) is 18.2 Å². The number of hydroxylamine groups is 2. The molecule has 1 aliphatic rings. The maximum absolute atomic E-state index is 13.8. The van der Waals surface area contributed by atoms with Crippen LogP contribution in [0.25, 0.3) is 5.57 Å². The highest BCUT2D eigenvalue weighted by atomic mass is 19.1. The SMILES string of the molecule is COc1ccc(F)c(CON2C=CC=C(c3cccnc3)C2)c1. The van der Waals surface area contributed by atoms with Crippen molar-refractivity contribution in [2.45, 2.75) is 6.61 Å². The highest BCUT2D eigenvalue weighted by Crippen LogP contribution is 2.21. The van der Waals surface area contributed by atoms with Crippen LogP contribution in [0.3, 0.4) is 0 Å². The molecule has 0 fully saturated rings. The van der Waals surface area contributed by atoms with Crippen LogP contribution in [0.2, 0.25) is 0 Å². The molecular weight excluding hydrogens is 295 g/mol. The highest BCUT2D eigenvalue weighted by Gasteiger charge is 2.12. The third-order valence-electron chi connectivity index (χ3n) is 3.55. The lowest BCUT2D eigenvalue weighted by molar-refractivity contribution is -0.123. The number of hydrogen-bond donors (Lipinski definition) is 0. The van der Waals surface area contributed by atoms with Crippen molar-refractivity contribution in [1.29, 1.82) is 0 Å². The lowest BCUT2D eigenvalue weighted by Gasteiger charge is -2.24. The highest BCUT2D eigenvalue weighted by molar-refractivity contribution is 5.68. The summed E-state index contributed by atoms with van der Waals surface area (Å²) >= 11 is 0. The number of aromatic nitrogens is 1. The first kappa shape index (κ1) is 15.2. The van der Waals surface area contributed by atoms with Crippen LogP contribution >= 0.6 is 0 Å². The van der Waals surface area contributed by atoms with E-state index < -0.39 is 0 Å². The Balaban J connectivity index is 1.64. The van der Waals surface area contributed by atoms with Crippen molar-refractivity contribution >= 4 is 5.57 Å². The van der Waals surface area contributed by atoms with Crippen molar-refractivity contribution in [3.8, 4) is 5.75 Å². The third kappa shape index (κ3) is 3.76. The maximum atomic E-state index is 13.8. The summed E-state index contributed by atoms with van der Waals surface area (Å²) in [6.07, 6.45) is 9.28. The summed E-state index contributed by atoms with van der Waals surface area (Å²) < 4.78 is 18.9. The number of benzene rings is 1. The molecule has 0 spiro atoms. The standard InChI is InChI=1S/C18H17FN2O2/c1-22-17-6-7-18(19)16(10-17)13-23-21-9-3-5-15(12-21)14-4-2-8-20-11-14/h2-11H,12-13H2,1H3. The fraction of sp³-hybridized carbons (Fsp3) is 0.167. The van der Waals surface area contributed by atoms with E-state index in [0.717, 1.165) is 11.1 Å². The zero-order valence-electron chi connectivity index (χ0n) is 12.8. The average Bonchev–Trinajstić information content (AvgIpc) is 2.62. The molecule has 23 heavy (non-hydrogen) atoms. The molecule has 118 valence electrons. The second-order valence-corrected chi connectivity index (χ2v) is 5.08. The van der Waals surface area contributed by atoms with Gasteiger partial charge in [-0.2, -0.15) is 0 Å². The van der Waals surface area contributed by atoms with Gasteiger partial charge in [-0.1, -0.05) is 12.1 Å². The summed E-state index contributed by atoms with van der Waals surface area (Å²) in [4.78, 5) is 9.81. The Morgan fingerprint density at radius 1 is 1.30 bits per heavy atom. The van der Waals surface area contributed by atoms with Crippen molar-refractivity contribution in [2.75, 3.05) is 13.7 Å². The molecule has 0 atom stereocenters. The Morgan fingerprint density at radius 2 is 2.22 bits per heavy atom. The number of pyridine rings is 1. The van der Waals surface area contributed by atoms with Crippen LogP contribution in [0.1, 0.15) is 11.1 Å². The Hall–Kier alpha value is -2.66. The van der Waals surface area contributed by atoms with E-state index in [4.69, 9.17) is 9.57 Å². The van der Waals surface area contributed by atoms with Crippen LogP contribution in [-0.2, 0) is 11.4 Å². The predicted octanol–water partition coefficient (Wildman–Crippen LogP) is 3.57. The monoisotopic (exact) mass is 312 g/mol. The first-order valence-corrected chi connectivity index (χ1v) is 7.26. The Morgan fingerprint density at radius 3 is 3.00 bits per heavy atom. The lowest BCUT2D eigenvalue weighted by Crippen LogP contribution is -2.22. The minimum absolute atomic E-state index is 0.133. The second kappa shape index (κ2) is 7.07. The molecule has 1 aliphatic heterocycles. The molecule has 0 aliphatic carbocycles. The molecular formula is C18H17FN2O2. The van der Waals surface area contributed by atoms with Gasteiger partial charge in [-0.25, -0.2) is 4.39 Å². The van der Waals surface area contributed by atoms with Crippen LogP contribution in [-0.4, -0.2) is 23.7 Å². The maximum Gasteiger partial charge on any atom is 0.129 e. The summed E-state index contributed by atoms with van der Waals surface area (Å²) in [5.41, 5.74) is 2.58. The smallest absolute Gasteiger partial charge is 0.129 e. The van der Waals surface area contributed by atoms with Crippen molar-refractivity contribution in [3.05, 3.63) is 78.0 Å². The van der Waals surface area contributed by atoms with Gasteiger partial charge in [0.15, 0.2) is 0 Å². The fourth-order valence-corrected chi connectivity index (χ4v) is 2.30. The Bertz CT molecular complexity index is 729. The molecule has 0 radical (unpaired) electrons. The van der Waals surface area contributed by atoms with Gasteiger partial charge in [0.2, 0.25) is 0 Å². The van der Waals surface area contributed by atoms with Gasteiger partial charge >= 0.3 is 0 Å². The fourth-order valence-electron chi connectivity index (χ4n) is 2.30. The molecule has 2 aromatic rings. The summed E-state index contributed by atoms with van der Waals surface area (Å²) in [5.74, 6) is 0.296. The van der Waals surface area contributed by atoms with Gasteiger partial charge in [0.25, 0.3) is 0 Å². The minimum atomic E-state index is -0.310. The topological polar surface area (TPSA) is 34.6 Å². The summed E-state index contributed by atoms with van der Waals surface area (Å²) in [6.45, 7) is 0.710. The molecule has 0 amide bonds. The molecule has 5 heteroatoms. The molecule has 4 nitrogen and oxygen atoms in total. The van der Waals surface area contributed by atoms with Gasteiger partial charge in [-0.05, 0) is 41.5 Å². The number of allylic oxidation sites excluding steroid dienone is 2. The van der Waals surface area contributed by atoms with E-state index in [0.29, 0.717) is 17.9 Å². The van der Waals surface area contributed by atoms with Gasteiger partial charge in [0.05, 0.1) is 13.7 Å². The van der Waals surface area contributed by atoms with Crippen molar-refractivity contribution < 1.29 is 14.0 Å². The molecule has 1 aromatic carbocycles. The summed E-state index contributed by atoms with van der Waals surface area (Å²) in [7, 11) is 1.55.